The molecule has 0 N–H and O–H groups in total. The SMILES string of the molecule is CCc1cccc(COCCCCC(=O)CBr)c1. The maximum atomic E-state index is 11.0. The van der Waals surface area contributed by atoms with Crippen LogP contribution in [-0.4, -0.2) is 17.7 Å². The largest absolute Gasteiger partial charge is 0.377 e. The molecular formula is C15H21BrO2. The summed E-state index contributed by atoms with van der Waals surface area (Å²) in [6, 6.07) is 8.49. The summed E-state index contributed by atoms with van der Waals surface area (Å²) >= 11 is 3.16. The van der Waals surface area contributed by atoms with Crippen LogP contribution in [0, 0.1) is 0 Å². The van der Waals surface area contributed by atoms with E-state index in [-0.39, 0.29) is 5.78 Å². The second kappa shape index (κ2) is 9.29. The van der Waals surface area contributed by atoms with E-state index in [1.54, 1.807) is 0 Å². The van der Waals surface area contributed by atoms with E-state index < -0.39 is 0 Å². The molecule has 0 aromatic heterocycles. The number of ether oxygens (including phenoxy) is 1. The maximum Gasteiger partial charge on any atom is 0.143 e. The third-order valence-electron chi connectivity index (χ3n) is 2.81. The number of benzene rings is 1. The number of carbonyl (C=O) groups excluding carboxylic acids is 1. The van der Waals surface area contributed by atoms with Crippen molar-refractivity contribution in [2.75, 3.05) is 11.9 Å². The summed E-state index contributed by atoms with van der Waals surface area (Å²) in [5.74, 6) is 0.269. The molecule has 0 heterocycles. The van der Waals surface area contributed by atoms with Crippen LogP contribution in [-0.2, 0) is 22.6 Å². The zero-order chi connectivity index (χ0) is 13.2. The topological polar surface area (TPSA) is 26.3 Å². The Morgan fingerprint density at radius 1 is 1.28 bits per heavy atom. The van der Waals surface area contributed by atoms with Crippen LogP contribution in [0.5, 0.6) is 0 Å². The monoisotopic (exact) mass is 312 g/mol. The summed E-state index contributed by atoms with van der Waals surface area (Å²) in [7, 11) is 0. The lowest BCUT2D eigenvalue weighted by Gasteiger charge is -2.05. The van der Waals surface area contributed by atoms with Gasteiger partial charge in [-0.25, -0.2) is 0 Å². The average Bonchev–Trinajstić information content (AvgIpc) is 2.42. The van der Waals surface area contributed by atoms with E-state index in [1.807, 2.05) is 0 Å². The van der Waals surface area contributed by atoms with Crippen LogP contribution < -0.4 is 0 Å². The van der Waals surface area contributed by atoms with Crippen molar-refractivity contribution in [3.8, 4) is 0 Å². The Morgan fingerprint density at radius 3 is 2.78 bits per heavy atom. The lowest BCUT2D eigenvalue weighted by Crippen LogP contribution is -2.01. The quantitative estimate of drug-likeness (QED) is 0.510. The molecule has 0 spiro atoms. The maximum absolute atomic E-state index is 11.0. The van der Waals surface area contributed by atoms with E-state index in [2.05, 4.69) is 47.1 Å². The number of carbonyl (C=O) groups is 1. The molecule has 18 heavy (non-hydrogen) atoms. The Bertz CT molecular complexity index is 363. The molecule has 100 valence electrons. The van der Waals surface area contributed by atoms with Crippen LogP contribution in [0.15, 0.2) is 24.3 Å². The molecule has 0 radical (unpaired) electrons. The number of unbranched alkanes of at least 4 members (excludes halogenated alkanes) is 1. The summed E-state index contributed by atoms with van der Waals surface area (Å²) in [5, 5.41) is 0.470. The lowest BCUT2D eigenvalue weighted by molar-refractivity contribution is -0.116. The summed E-state index contributed by atoms with van der Waals surface area (Å²) in [6.07, 6.45) is 3.58. The molecule has 0 unspecified atom stereocenters. The molecule has 1 rings (SSSR count). The first kappa shape index (κ1) is 15.4. The third kappa shape index (κ3) is 6.31. The van der Waals surface area contributed by atoms with Crippen LogP contribution >= 0.6 is 15.9 Å². The van der Waals surface area contributed by atoms with E-state index in [1.165, 1.54) is 11.1 Å². The van der Waals surface area contributed by atoms with Crippen LogP contribution in [0.2, 0.25) is 0 Å². The standard InChI is InChI=1S/C15H21BrO2/c1-2-13-6-5-7-14(10-13)12-18-9-4-3-8-15(17)11-16/h5-7,10H,2-4,8-9,11-12H2,1H3. The zero-order valence-corrected chi connectivity index (χ0v) is 12.5. The zero-order valence-electron chi connectivity index (χ0n) is 11.0. The molecule has 0 saturated carbocycles. The highest BCUT2D eigenvalue weighted by atomic mass is 79.9. The van der Waals surface area contributed by atoms with Gasteiger partial charge in [-0.15, -0.1) is 0 Å². The number of hydrogen-bond acceptors (Lipinski definition) is 2. The normalized spacial score (nSPS) is 10.6. The number of Topliss-reactive ketones (excluding diaryl/α,β-unsaturated/α-hetero) is 1. The highest BCUT2D eigenvalue weighted by Crippen LogP contribution is 2.08. The van der Waals surface area contributed by atoms with E-state index in [0.29, 0.717) is 18.4 Å². The van der Waals surface area contributed by atoms with Gasteiger partial charge in [0.1, 0.15) is 5.78 Å². The van der Waals surface area contributed by atoms with E-state index in [0.717, 1.165) is 25.9 Å². The molecule has 0 fully saturated rings. The molecule has 1 aromatic rings. The molecule has 0 aliphatic heterocycles. The van der Waals surface area contributed by atoms with Crippen molar-refractivity contribution in [1.29, 1.82) is 0 Å². The second-order valence-corrected chi connectivity index (χ2v) is 4.92. The Kier molecular flexibility index (Phi) is 7.94. The fourth-order valence-electron chi connectivity index (χ4n) is 1.72. The first-order valence-corrected chi connectivity index (χ1v) is 7.61. The van der Waals surface area contributed by atoms with Gasteiger partial charge in [-0.3, -0.25) is 4.79 Å². The van der Waals surface area contributed by atoms with Gasteiger partial charge in [-0.1, -0.05) is 47.1 Å². The van der Waals surface area contributed by atoms with Crippen LogP contribution in [0.25, 0.3) is 0 Å². The summed E-state index contributed by atoms with van der Waals surface area (Å²) in [6.45, 7) is 3.55. The van der Waals surface area contributed by atoms with Gasteiger partial charge in [0.05, 0.1) is 11.9 Å². The van der Waals surface area contributed by atoms with E-state index in [9.17, 15) is 4.79 Å². The van der Waals surface area contributed by atoms with Gasteiger partial charge >= 0.3 is 0 Å². The third-order valence-corrected chi connectivity index (χ3v) is 3.44. The Labute approximate surface area is 118 Å². The van der Waals surface area contributed by atoms with Crippen molar-refractivity contribution in [3.05, 3.63) is 35.4 Å². The summed E-state index contributed by atoms with van der Waals surface area (Å²) in [5.41, 5.74) is 2.57. The molecule has 0 saturated heterocycles. The van der Waals surface area contributed by atoms with E-state index in [4.69, 9.17) is 4.74 Å². The Morgan fingerprint density at radius 2 is 2.06 bits per heavy atom. The second-order valence-electron chi connectivity index (χ2n) is 4.36. The highest BCUT2D eigenvalue weighted by molar-refractivity contribution is 9.09. The predicted octanol–water partition coefficient (Wildman–Crippen LogP) is 3.90. The molecule has 2 nitrogen and oxygen atoms in total. The van der Waals surface area contributed by atoms with Gasteiger partial charge in [0.25, 0.3) is 0 Å². The molecular weight excluding hydrogens is 292 g/mol. The first-order chi connectivity index (χ1) is 8.76. The first-order valence-electron chi connectivity index (χ1n) is 6.49. The van der Waals surface area contributed by atoms with Gasteiger partial charge in [-0.05, 0) is 30.4 Å². The lowest BCUT2D eigenvalue weighted by atomic mass is 10.1. The van der Waals surface area contributed by atoms with Gasteiger partial charge in [0.15, 0.2) is 0 Å². The number of halogens is 1. The van der Waals surface area contributed by atoms with Crippen LogP contribution in [0.3, 0.4) is 0 Å². The predicted molar refractivity (Wildman–Crippen MR) is 78.1 cm³/mol. The number of aryl methyl sites for hydroxylation is 1. The van der Waals surface area contributed by atoms with Gasteiger partial charge in [0.2, 0.25) is 0 Å². The van der Waals surface area contributed by atoms with Gasteiger partial charge in [-0.2, -0.15) is 0 Å². The minimum atomic E-state index is 0.269. The van der Waals surface area contributed by atoms with Crippen molar-refractivity contribution < 1.29 is 9.53 Å². The minimum absolute atomic E-state index is 0.269. The summed E-state index contributed by atoms with van der Waals surface area (Å²) in [4.78, 5) is 11.0. The number of hydrogen-bond donors (Lipinski definition) is 0. The molecule has 1 aromatic carbocycles. The van der Waals surface area contributed by atoms with Crippen molar-refractivity contribution in [2.45, 2.75) is 39.2 Å². The molecule has 3 heteroatoms. The van der Waals surface area contributed by atoms with Gasteiger partial charge in [0, 0.05) is 13.0 Å². The smallest absolute Gasteiger partial charge is 0.143 e. The van der Waals surface area contributed by atoms with Crippen LogP contribution in [0.1, 0.15) is 37.3 Å². The fraction of sp³-hybridized carbons (Fsp3) is 0.533. The molecule has 0 bridgehead atoms. The molecule has 0 aliphatic carbocycles. The summed E-state index contributed by atoms with van der Waals surface area (Å²) < 4.78 is 5.61. The van der Waals surface area contributed by atoms with Crippen molar-refractivity contribution in [2.24, 2.45) is 0 Å². The average molecular weight is 313 g/mol. The molecule has 0 aliphatic rings. The fourth-order valence-corrected chi connectivity index (χ4v) is 2.00. The highest BCUT2D eigenvalue weighted by Gasteiger charge is 1.99. The van der Waals surface area contributed by atoms with E-state index >= 15 is 0 Å². The van der Waals surface area contributed by atoms with Crippen LogP contribution in [0.4, 0.5) is 0 Å². The van der Waals surface area contributed by atoms with Gasteiger partial charge < -0.3 is 4.74 Å². The van der Waals surface area contributed by atoms with Crippen molar-refractivity contribution in [3.63, 3.8) is 0 Å². The molecule has 0 atom stereocenters. The van der Waals surface area contributed by atoms with Crippen molar-refractivity contribution >= 4 is 21.7 Å². The number of alkyl halides is 1. The van der Waals surface area contributed by atoms with Crippen molar-refractivity contribution in [1.82, 2.24) is 0 Å². The number of rotatable bonds is 9. The Balaban J connectivity index is 2.12. The Hall–Kier alpha value is -0.670. The number of ketones is 1. The minimum Gasteiger partial charge on any atom is -0.377 e. The molecule has 0 amide bonds.